The van der Waals surface area contributed by atoms with E-state index in [2.05, 4.69) is 41.9 Å². The van der Waals surface area contributed by atoms with Crippen molar-refractivity contribution in [2.24, 2.45) is 0 Å². The maximum atomic E-state index is 5.27. The van der Waals surface area contributed by atoms with Crippen molar-refractivity contribution < 1.29 is 4.74 Å². The third-order valence-electron chi connectivity index (χ3n) is 3.04. The van der Waals surface area contributed by atoms with Crippen LogP contribution in [0, 0.1) is 0 Å². The topological polar surface area (TPSA) is 25.7 Å². The molecule has 0 aromatic carbocycles. The average Bonchev–Trinajstić information content (AvgIpc) is 2.72. The van der Waals surface area contributed by atoms with Gasteiger partial charge in [0.1, 0.15) is 5.75 Å². The SMILES string of the molecule is CCNC(C)Cc1ccn2ccc(OC)cc12. The zero-order chi connectivity index (χ0) is 12.3. The summed E-state index contributed by atoms with van der Waals surface area (Å²) in [7, 11) is 1.70. The zero-order valence-electron chi connectivity index (χ0n) is 10.7. The molecule has 2 rings (SSSR count). The van der Waals surface area contributed by atoms with E-state index >= 15 is 0 Å². The van der Waals surface area contributed by atoms with Crippen LogP contribution in [0.3, 0.4) is 0 Å². The molecular weight excluding hydrogens is 212 g/mol. The molecule has 0 saturated heterocycles. The van der Waals surface area contributed by atoms with Gasteiger partial charge in [0.2, 0.25) is 0 Å². The molecule has 0 aliphatic carbocycles. The van der Waals surface area contributed by atoms with Crippen LogP contribution in [-0.2, 0) is 6.42 Å². The van der Waals surface area contributed by atoms with Crippen molar-refractivity contribution in [3.05, 3.63) is 36.2 Å². The second-order valence-electron chi connectivity index (χ2n) is 4.36. The van der Waals surface area contributed by atoms with E-state index in [0.717, 1.165) is 18.7 Å². The maximum Gasteiger partial charge on any atom is 0.122 e. The van der Waals surface area contributed by atoms with Gasteiger partial charge in [-0.15, -0.1) is 0 Å². The summed E-state index contributed by atoms with van der Waals surface area (Å²) in [6, 6.07) is 6.75. The van der Waals surface area contributed by atoms with Crippen LogP contribution in [0.1, 0.15) is 19.4 Å². The molecule has 3 heteroatoms. The number of rotatable bonds is 5. The van der Waals surface area contributed by atoms with Gasteiger partial charge in [-0.3, -0.25) is 0 Å². The number of methoxy groups -OCH3 is 1. The molecule has 1 unspecified atom stereocenters. The number of nitrogens with one attached hydrogen (secondary N) is 1. The van der Waals surface area contributed by atoms with Crippen LogP contribution < -0.4 is 10.1 Å². The number of aromatic nitrogens is 1. The minimum absolute atomic E-state index is 0.498. The van der Waals surface area contributed by atoms with Crippen LogP contribution in [0.4, 0.5) is 0 Å². The average molecular weight is 232 g/mol. The van der Waals surface area contributed by atoms with Crippen LogP contribution >= 0.6 is 0 Å². The Balaban J connectivity index is 2.27. The minimum atomic E-state index is 0.498. The van der Waals surface area contributed by atoms with E-state index in [0.29, 0.717) is 6.04 Å². The lowest BCUT2D eigenvalue weighted by Crippen LogP contribution is -2.27. The molecule has 2 heterocycles. The minimum Gasteiger partial charge on any atom is -0.497 e. The zero-order valence-corrected chi connectivity index (χ0v) is 10.7. The highest BCUT2D eigenvalue weighted by atomic mass is 16.5. The third kappa shape index (κ3) is 2.61. The van der Waals surface area contributed by atoms with Crippen molar-refractivity contribution in [2.45, 2.75) is 26.3 Å². The van der Waals surface area contributed by atoms with Crippen LogP contribution in [0.25, 0.3) is 5.52 Å². The quantitative estimate of drug-likeness (QED) is 0.857. The number of nitrogens with zero attached hydrogens (tertiary/aromatic N) is 1. The largest absolute Gasteiger partial charge is 0.497 e. The Kier molecular flexibility index (Phi) is 3.69. The highest BCUT2D eigenvalue weighted by molar-refractivity contribution is 5.59. The van der Waals surface area contributed by atoms with E-state index in [4.69, 9.17) is 4.74 Å². The molecule has 0 aliphatic rings. The second-order valence-corrected chi connectivity index (χ2v) is 4.36. The van der Waals surface area contributed by atoms with Crippen LogP contribution in [0.5, 0.6) is 5.75 Å². The van der Waals surface area contributed by atoms with Crippen molar-refractivity contribution in [2.75, 3.05) is 13.7 Å². The number of pyridine rings is 1. The first-order valence-electron chi connectivity index (χ1n) is 6.11. The summed E-state index contributed by atoms with van der Waals surface area (Å²) in [6.45, 7) is 5.36. The van der Waals surface area contributed by atoms with Gasteiger partial charge in [0.05, 0.1) is 12.6 Å². The molecule has 3 nitrogen and oxygen atoms in total. The van der Waals surface area contributed by atoms with E-state index < -0.39 is 0 Å². The Morgan fingerprint density at radius 3 is 2.82 bits per heavy atom. The van der Waals surface area contributed by atoms with Crippen molar-refractivity contribution in [3.8, 4) is 5.75 Å². The Hall–Kier alpha value is -1.48. The van der Waals surface area contributed by atoms with Crippen LogP contribution in [0.2, 0.25) is 0 Å². The summed E-state index contributed by atoms with van der Waals surface area (Å²) >= 11 is 0. The highest BCUT2D eigenvalue weighted by Crippen LogP contribution is 2.20. The van der Waals surface area contributed by atoms with Gasteiger partial charge >= 0.3 is 0 Å². The Labute approximate surface area is 102 Å². The van der Waals surface area contributed by atoms with E-state index in [-0.39, 0.29) is 0 Å². The third-order valence-corrected chi connectivity index (χ3v) is 3.04. The van der Waals surface area contributed by atoms with Crippen molar-refractivity contribution in [1.29, 1.82) is 0 Å². The molecule has 1 N–H and O–H groups in total. The van der Waals surface area contributed by atoms with Gasteiger partial charge in [-0.2, -0.15) is 0 Å². The van der Waals surface area contributed by atoms with Crippen molar-refractivity contribution >= 4 is 5.52 Å². The highest BCUT2D eigenvalue weighted by Gasteiger charge is 2.07. The Morgan fingerprint density at radius 1 is 1.35 bits per heavy atom. The van der Waals surface area contributed by atoms with E-state index in [1.807, 2.05) is 12.3 Å². The predicted octanol–water partition coefficient (Wildman–Crippen LogP) is 2.49. The standard InChI is InChI=1S/C14H20N2O/c1-4-15-11(2)9-12-5-7-16-8-6-13(17-3)10-14(12)16/h5-8,10-11,15H,4,9H2,1-3H3. The van der Waals surface area contributed by atoms with Crippen LogP contribution in [0.15, 0.2) is 30.6 Å². The molecule has 0 fully saturated rings. The van der Waals surface area contributed by atoms with Gasteiger partial charge in [-0.05, 0) is 37.6 Å². The Bertz CT molecular complexity index is 490. The number of likely N-dealkylation sites (N-methyl/N-ethyl adjacent to an activating group) is 1. The first-order valence-corrected chi connectivity index (χ1v) is 6.11. The molecule has 0 amide bonds. The van der Waals surface area contributed by atoms with E-state index in [1.165, 1.54) is 11.1 Å². The molecule has 0 aliphatic heterocycles. The molecule has 1 atom stereocenters. The number of fused-ring (bicyclic) bond motifs is 1. The van der Waals surface area contributed by atoms with E-state index in [1.54, 1.807) is 7.11 Å². The van der Waals surface area contributed by atoms with E-state index in [9.17, 15) is 0 Å². The van der Waals surface area contributed by atoms with Gasteiger partial charge in [-0.25, -0.2) is 0 Å². The maximum absolute atomic E-state index is 5.27. The van der Waals surface area contributed by atoms with Crippen LogP contribution in [-0.4, -0.2) is 24.1 Å². The summed E-state index contributed by atoms with van der Waals surface area (Å²) in [6.07, 6.45) is 5.18. The molecule has 2 aromatic rings. The van der Waals surface area contributed by atoms with Crippen molar-refractivity contribution in [3.63, 3.8) is 0 Å². The van der Waals surface area contributed by atoms with Gasteiger partial charge in [0.25, 0.3) is 0 Å². The molecule has 0 saturated carbocycles. The monoisotopic (exact) mass is 232 g/mol. The normalized spacial score (nSPS) is 12.9. The fourth-order valence-electron chi connectivity index (χ4n) is 2.19. The summed E-state index contributed by atoms with van der Waals surface area (Å²) < 4.78 is 7.41. The first-order chi connectivity index (χ1) is 8.24. The number of hydrogen-bond acceptors (Lipinski definition) is 2. The lowest BCUT2D eigenvalue weighted by molar-refractivity contribution is 0.414. The lowest BCUT2D eigenvalue weighted by atomic mass is 10.1. The van der Waals surface area contributed by atoms with Gasteiger partial charge < -0.3 is 14.5 Å². The number of hydrogen-bond donors (Lipinski definition) is 1. The van der Waals surface area contributed by atoms with Crippen molar-refractivity contribution in [1.82, 2.24) is 9.72 Å². The summed E-state index contributed by atoms with van der Waals surface area (Å²) in [5, 5.41) is 3.44. The van der Waals surface area contributed by atoms with Gasteiger partial charge in [0, 0.05) is 24.5 Å². The molecular formula is C14H20N2O. The summed E-state index contributed by atoms with van der Waals surface area (Å²) in [5.41, 5.74) is 2.59. The Morgan fingerprint density at radius 2 is 2.12 bits per heavy atom. The molecule has 2 aromatic heterocycles. The molecule has 17 heavy (non-hydrogen) atoms. The smallest absolute Gasteiger partial charge is 0.122 e. The fraction of sp³-hybridized carbons (Fsp3) is 0.429. The number of ether oxygens (including phenoxy) is 1. The second kappa shape index (κ2) is 5.23. The molecule has 0 radical (unpaired) electrons. The summed E-state index contributed by atoms with van der Waals surface area (Å²) in [5.74, 6) is 0.911. The predicted molar refractivity (Wildman–Crippen MR) is 70.8 cm³/mol. The molecule has 0 bridgehead atoms. The first kappa shape index (κ1) is 12.0. The lowest BCUT2D eigenvalue weighted by Gasteiger charge is -2.11. The van der Waals surface area contributed by atoms with Gasteiger partial charge in [0.15, 0.2) is 0 Å². The molecule has 0 spiro atoms. The fourth-order valence-corrected chi connectivity index (χ4v) is 2.19. The summed E-state index contributed by atoms with van der Waals surface area (Å²) in [4.78, 5) is 0. The molecule has 92 valence electrons. The van der Waals surface area contributed by atoms with Gasteiger partial charge in [-0.1, -0.05) is 6.92 Å².